The maximum absolute atomic E-state index is 12.0. The smallest absolute Gasteiger partial charge is 0.121 e. The number of aryl methyl sites for hydroxylation is 1. The number of morpholine rings is 1. The summed E-state index contributed by atoms with van der Waals surface area (Å²) in [5.41, 5.74) is 3.47. The van der Waals surface area contributed by atoms with Crippen molar-refractivity contribution in [3.63, 3.8) is 0 Å². The summed E-state index contributed by atoms with van der Waals surface area (Å²) < 4.78 is 6.19. The van der Waals surface area contributed by atoms with Crippen LogP contribution in [0, 0.1) is 6.92 Å². The largest absolute Gasteiger partial charge is 0.382 e. The molecule has 2 unspecified atom stereocenters. The lowest BCUT2D eigenvalue weighted by molar-refractivity contribution is -0.149. The first kappa shape index (κ1) is 19.8. The number of hydrogen-bond acceptors (Lipinski definition) is 3. The molecule has 0 aliphatic carbocycles. The third-order valence-corrected chi connectivity index (χ3v) is 5.93. The fourth-order valence-electron chi connectivity index (χ4n) is 4.20. The van der Waals surface area contributed by atoms with Gasteiger partial charge in [-0.05, 0) is 29.2 Å². The Bertz CT molecular complexity index is 912. The van der Waals surface area contributed by atoms with Crippen molar-refractivity contribution in [3.05, 3.63) is 107 Å². The van der Waals surface area contributed by atoms with Gasteiger partial charge in [0.2, 0.25) is 0 Å². The van der Waals surface area contributed by atoms with Crippen molar-refractivity contribution < 1.29 is 9.84 Å². The van der Waals surface area contributed by atoms with Crippen LogP contribution >= 0.6 is 0 Å². The molecule has 2 atom stereocenters. The van der Waals surface area contributed by atoms with Gasteiger partial charge < -0.3 is 9.84 Å². The maximum Gasteiger partial charge on any atom is 0.121 e. The Labute approximate surface area is 173 Å². The van der Waals surface area contributed by atoms with Gasteiger partial charge in [0.25, 0.3) is 0 Å². The number of hydrogen-bond donors (Lipinski definition) is 1. The summed E-state index contributed by atoms with van der Waals surface area (Å²) in [7, 11) is 0. The lowest BCUT2D eigenvalue weighted by Gasteiger charge is -2.42. The Hall–Kier alpha value is -2.46. The van der Waals surface area contributed by atoms with Crippen LogP contribution in [-0.4, -0.2) is 35.8 Å². The summed E-state index contributed by atoms with van der Waals surface area (Å²) in [6, 6.07) is 28.8. The molecule has 1 aliphatic heterocycles. The first-order valence-corrected chi connectivity index (χ1v) is 10.4. The zero-order chi connectivity index (χ0) is 20.1. The minimum absolute atomic E-state index is 0.290. The molecule has 3 heteroatoms. The van der Waals surface area contributed by atoms with Crippen molar-refractivity contribution >= 4 is 0 Å². The number of nitrogens with zero attached hydrogens (tertiary/aromatic N) is 1. The van der Waals surface area contributed by atoms with E-state index in [0.29, 0.717) is 19.6 Å². The van der Waals surface area contributed by atoms with E-state index in [9.17, 15) is 5.11 Å². The lowest BCUT2D eigenvalue weighted by atomic mass is 9.81. The summed E-state index contributed by atoms with van der Waals surface area (Å²) >= 11 is 0. The molecule has 29 heavy (non-hydrogen) atoms. The molecule has 150 valence electrons. The van der Waals surface area contributed by atoms with E-state index in [1.54, 1.807) is 0 Å². The molecule has 0 spiro atoms. The van der Waals surface area contributed by atoms with E-state index >= 15 is 0 Å². The quantitative estimate of drug-likeness (QED) is 0.683. The highest BCUT2D eigenvalue weighted by Crippen LogP contribution is 2.34. The Balaban J connectivity index is 1.61. The van der Waals surface area contributed by atoms with Crippen LogP contribution in [0.3, 0.4) is 0 Å². The van der Waals surface area contributed by atoms with Gasteiger partial charge in [0.05, 0.1) is 6.61 Å². The molecule has 0 saturated carbocycles. The molecule has 0 aromatic heterocycles. The second-order valence-electron chi connectivity index (χ2n) is 7.97. The van der Waals surface area contributed by atoms with E-state index in [1.807, 2.05) is 48.5 Å². The Morgan fingerprint density at radius 2 is 1.59 bits per heavy atom. The number of aliphatic hydroxyl groups is 1. The Kier molecular flexibility index (Phi) is 6.10. The van der Waals surface area contributed by atoms with Crippen LogP contribution in [0.15, 0.2) is 84.9 Å². The standard InChI is InChI=1S/C26H29NO2/c1-21-10-8-9-13-23(21)18-26(28,24-14-6-3-7-15-24)25-20-27(16-17-29-25)19-22-11-4-2-5-12-22/h2-15,25,28H,16-20H2,1H3. The molecule has 1 heterocycles. The second-order valence-corrected chi connectivity index (χ2v) is 7.97. The van der Waals surface area contributed by atoms with Gasteiger partial charge in [-0.2, -0.15) is 0 Å². The average molecular weight is 388 g/mol. The van der Waals surface area contributed by atoms with E-state index in [1.165, 1.54) is 11.1 Å². The molecule has 3 aromatic rings. The maximum atomic E-state index is 12.0. The Morgan fingerprint density at radius 3 is 2.31 bits per heavy atom. The minimum Gasteiger partial charge on any atom is -0.382 e. The van der Waals surface area contributed by atoms with Crippen LogP contribution in [0.2, 0.25) is 0 Å². The molecule has 0 bridgehead atoms. The fourth-order valence-corrected chi connectivity index (χ4v) is 4.20. The summed E-state index contributed by atoms with van der Waals surface area (Å²) in [6.07, 6.45) is 0.245. The van der Waals surface area contributed by atoms with E-state index in [-0.39, 0.29) is 6.10 Å². The topological polar surface area (TPSA) is 32.7 Å². The molecule has 3 nitrogen and oxygen atoms in total. The molecule has 0 radical (unpaired) electrons. The summed E-state index contributed by atoms with van der Waals surface area (Å²) in [4.78, 5) is 2.38. The zero-order valence-corrected chi connectivity index (χ0v) is 17.0. The molecule has 1 saturated heterocycles. The first-order valence-electron chi connectivity index (χ1n) is 10.4. The monoisotopic (exact) mass is 387 g/mol. The van der Waals surface area contributed by atoms with Crippen LogP contribution in [0.5, 0.6) is 0 Å². The molecular weight excluding hydrogens is 358 g/mol. The van der Waals surface area contributed by atoms with E-state index in [0.717, 1.165) is 24.2 Å². The normalized spacial score (nSPS) is 19.6. The first-order chi connectivity index (χ1) is 14.1. The van der Waals surface area contributed by atoms with Gasteiger partial charge in [-0.15, -0.1) is 0 Å². The van der Waals surface area contributed by atoms with Crippen LogP contribution in [0.25, 0.3) is 0 Å². The van der Waals surface area contributed by atoms with Crippen molar-refractivity contribution in [1.29, 1.82) is 0 Å². The number of rotatable bonds is 6. The SMILES string of the molecule is Cc1ccccc1CC(O)(c1ccccc1)C1CN(Cc2ccccc2)CCO1. The van der Waals surface area contributed by atoms with Crippen molar-refractivity contribution in [3.8, 4) is 0 Å². The third-order valence-electron chi connectivity index (χ3n) is 5.93. The third kappa shape index (κ3) is 4.59. The molecule has 0 amide bonds. The van der Waals surface area contributed by atoms with Crippen molar-refractivity contribution in [2.24, 2.45) is 0 Å². The average Bonchev–Trinajstić information content (AvgIpc) is 2.77. The molecule has 4 rings (SSSR count). The van der Waals surface area contributed by atoms with Crippen LogP contribution in [-0.2, 0) is 23.3 Å². The van der Waals surface area contributed by atoms with Crippen molar-refractivity contribution in [2.75, 3.05) is 19.7 Å². The predicted molar refractivity (Wildman–Crippen MR) is 117 cm³/mol. The van der Waals surface area contributed by atoms with Gasteiger partial charge in [-0.25, -0.2) is 0 Å². The summed E-state index contributed by atoms with van der Waals surface area (Å²) in [5.74, 6) is 0. The van der Waals surface area contributed by atoms with E-state index in [2.05, 4.69) is 48.2 Å². The van der Waals surface area contributed by atoms with Gasteiger partial charge in [-0.3, -0.25) is 4.90 Å². The fraction of sp³-hybridized carbons (Fsp3) is 0.308. The zero-order valence-electron chi connectivity index (χ0n) is 17.0. The van der Waals surface area contributed by atoms with Gasteiger partial charge in [0, 0.05) is 26.1 Å². The van der Waals surface area contributed by atoms with E-state index < -0.39 is 5.60 Å². The highest BCUT2D eigenvalue weighted by Gasteiger charge is 2.42. The molecular formula is C26H29NO2. The predicted octanol–water partition coefficient (Wildman–Crippen LogP) is 4.33. The summed E-state index contributed by atoms with van der Waals surface area (Å²) in [6.45, 7) is 5.17. The van der Waals surface area contributed by atoms with Gasteiger partial charge in [-0.1, -0.05) is 84.9 Å². The minimum atomic E-state index is -1.08. The van der Waals surface area contributed by atoms with Crippen LogP contribution in [0.1, 0.15) is 22.3 Å². The molecule has 1 aliphatic rings. The highest BCUT2D eigenvalue weighted by molar-refractivity contribution is 5.32. The Morgan fingerprint density at radius 1 is 0.931 bits per heavy atom. The van der Waals surface area contributed by atoms with Crippen molar-refractivity contribution in [1.82, 2.24) is 4.90 Å². The van der Waals surface area contributed by atoms with Crippen LogP contribution < -0.4 is 0 Å². The highest BCUT2D eigenvalue weighted by atomic mass is 16.5. The molecule has 3 aromatic carbocycles. The molecule has 1 fully saturated rings. The van der Waals surface area contributed by atoms with E-state index in [4.69, 9.17) is 4.74 Å². The van der Waals surface area contributed by atoms with Gasteiger partial charge in [0.15, 0.2) is 0 Å². The molecule has 1 N–H and O–H groups in total. The number of benzene rings is 3. The second kappa shape index (κ2) is 8.91. The summed E-state index contributed by atoms with van der Waals surface area (Å²) in [5, 5.41) is 12.0. The lowest BCUT2D eigenvalue weighted by Crippen LogP contribution is -2.53. The van der Waals surface area contributed by atoms with Gasteiger partial charge in [0.1, 0.15) is 11.7 Å². The van der Waals surface area contributed by atoms with Gasteiger partial charge >= 0.3 is 0 Å². The van der Waals surface area contributed by atoms with Crippen molar-refractivity contribution in [2.45, 2.75) is 31.6 Å². The number of ether oxygens (including phenoxy) is 1. The van der Waals surface area contributed by atoms with Crippen LogP contribution in [0.4, 0.5) is 0 Å².